The smallest absolute Gasteiger partial charge is 0.310 e. The predicted octanol–water partition coefficient (Wildman–Crippen LogP) is 2.23. The average molecular weight is 487 g/mol. The van der Waals surface area contributed by atoms with Crippen LogP contribution >= 0.6 is 0 Å². The molecule has 0 saturated carbocycles. The minimum atomic E-state index is -1.14. The molecule has 9 nitrogen and oxygen atoms in total. The van der Waals surface area contributed by atoms with Gasteiger partial charge in [-0.2, -0.15) is 0 Å². The Kier molecular flexibility index (Phi) is 7.47. The second-order valence-corrected chi connectivity index (χ2v) is 9.50. The van der Waals surface area contributed by atoms with E-state index in [4.69, 9.17) is 14.6 Å². The lowest BCUT2D eigenvalue weighted by molar-refractivity contribution is -0.149. The number of aliphatic hydroxyl groups excluding tert-OH is 1. The highest BCUT2D eigenvalue weighted by atomic mass is 16.5. The summed E-state index contributed by atoms with van der Waals surface area (Å²) in [5.74, 6) is -2.82. The second kappa shape index (κ2) is 10.4. The van der Waals surface area contributed by atoms with Crippen molar-refractivity contribution in [3.8, 4) is 5.75 Å². The quantitative estimate of drug-likeness (QED) is 0.344. The van der Waals surface area contributed by atoms with Crippen molar-refractivity contribution in [3.05, 3.63) is 36.9 Å². The SMILES string of the molecule is C=CCN(C(=O)C1N(CCCCCCO)C(=O)[C@@H]2[C@H](C(=O)O)[C@@H]3CCC12O3)c1ccc(OC)cc1. The summed E-state index contributed by atoms with van der Waals surface area (Å²) in [7, 11) is 1.57. The normalized spacial score (nSPS) is 28.7. The summed E-state index contributed by atoms with van der Waals surface area (Å²) in [5.41, 5.74) is -0.507. The first-order valence-corrected chi connectivity index (χ1v) is 12.3. The number of ether oxygens (including phenoxy) is 2. The molecule has 9 heteroatoms. The maximum Gasteiger partial charge on any atom is 0.310 e. The number of hydrogen-bond acceptors (Lipinski definition) is 6. The van der Waals surface area contributed by atoms with Crippen LogP contribution in [0.4, 0.5) is 5.69 Å². The van der Waals surface area contributed by atoms with Gasteiger partial charge in [0.2, 0.25) is 5.91 Å². The predicted molar refractivity (Wildman–Crippen MR) is 128 cm³/mol. The summed E-state index contributed by atoms with van der Waals surface area (Å²) in [6.07, 6.45) is 5.00. The zero-order valence-electron chi connectivity index (χ0n) is 20.1. The summed E-state index contributed by atoms with van der Waals surface area (Å²) < 4.78 is 11.5. The zero-order chi connectivity index (χ0) is 25.2. The Morgan fingerprint density at radius 2 is 1.97 bits per heavy atom. The van der Waals surface area contributed by atoms with Crippen molar-refractivity contribution in [3.63, 3.8) is 0 Å². The number of fused-ring (bicyclic) bond motifs is 1. The van der Waals surface area contributed by atoms with Crippen molar-refractivity contribution in [1.82, 2.24) is 4.90 Å². The number of unbranched alkanes of at least 4 members (excludes halogenated alkanes) is 3. The topological polar surface area (TPSA) is 117 Å². The fourth-order valence-corrected chi connectivity index (χ4v) is 6.06. The van der Waals surface area contributed by atoms with Crippen LogP contribution in [-0.2, 0) is 19.1 Å². The average Bonchev–Trinajstić information content (AvgIpc) is 3.49. The first kappa shape index (κ1) is 25.2. The van der Waals surface area contributed by atoms with Gasteiger partial charge < -0.3 is 29.5 Å². The van der Waals surface area contributed by atoms with E-state index < -0.39 is 35.6 Å². The summed E-state index contributed by atoms with van der Waals surface area (Å²) in [6.45, 7) is 4.48. The fourth-order valence-electron chi connectivity index (χ4n) is 6.06. The van der Waals surface area contributed by atoms with Gasteiger partial charge in [0, 0.05) is 25.4 Å². The van der Waals surface area contributed by atoms with Crippen LogP contribution in [0.3, 0.4) is 0 Å². The molecular weight excluding hydrogens is 452 g/mol. The number of benzene rings is 1. The Balaban J connectivity index is 1.68. The van der Waals surface area contributed by atoms with Crippen LogP contribution in [0.1, 0.15) is 38.5 Å². The molecule has 190 valence electrons. The summed E-state index contributed by atoms with van der Waals surface area (Å²) in [5, 5.41) is 19.0. The maximum atomic E-state index is 14.2. The van der Waals surface area contributed by atoms with Gasteiger partial charge in [-0.15, -0.1) is 6.58 Å². The van der Waals surface area contributed by atoms with Crippen molar-refractivity contribution >= 4 is 23.5 Å². The molecule has 35 heavy (non-hydrogen) atoms. The van der Waals surface area contributed by atoms with Crippen molar-refractivity contribution in [2.45, 2.75) is 56.3 Å². The summed E-state index contributed by atoms with van der Waals surface area (Å²) in [4.78, 5) is 43.1. The van der Waals surface area contributed by atoms with Crippen molar-refractivity contribution in [2.75, 3.05) is 31.7 Å². The Bertz CT molecular complexity index is 965. The maximum absolute atomic E-state index is 14.2. The third-order valence-corrected chi connectivity index (χ3v) is 7.59. The first-order valence-electron chi connectivity index (χ1n) is 12.3. The monoisotopic (exact) mass is 486 g/mol. The highest BCUT2D eigenvalue weighted by Gasteiger charge is 2.74. The third-order valence-electron chi connectivity index (χ3n) is 7.59. The van der Waals surface area contributed by atoms with Crippen LogP contribution in [0.25, 0.3) is 0 Å². The number of anilines is 1. The van der Waals surface area contributed by atoms with Gasteiger partial charge in [-0.05, 0) is 49.9 Å². The van der Waals surface area contributed by atoms with Crippen LogP contribution in [0.15, 0.2) is 36.9 Å². The van der Waals surface area contributed by atoms with E-state index in [1.165, 1.54) is 0 Å². The van der Waals surface area contributed by atoms with Gasteiger partial charge in [0.25, 0.3) is 5.91 Å². The van der Waals surface area contributed by atoms with Gasteiger partial charge in [-0.1, -0.05) is 18.9 Å². The highest BCUT2D eigenvalue weighted by Crippen LogP contribution is 2.58. The van der Waals surface area contributed by atoms with Gasteiger partial charge in [0.15, 0.2) is 0 Å². The van der Waals surface area contributed by atoms with Crippen molar-refractivity contribution in [1.29, 1.82) is 0 Å². The molecule has 1 spiro atoms. The molecule has 2 amide bonds. The van der Waals surface area contributed by atoms with Crippen LogP contribution in [0, 0.1) is 11.8 Å². The Labute approximate surface area is 205 Å². The van der Waals surface area contributed by atoms with Crippen molar-refractivity contribution in [2.24, 2.45) is 11.8 Å². The highest BCUT2D eigenvalue weighted by molar-refractivity contribution is 6.04. The van der Waals surface area contributed by atoms with Crippen LogP contribution in [0.2, 0.25) is 0 Å². The summed E-state index contributed by atoms with van der Waals surface area (Å²) >= 11 is 0. The molecule has 1 aromatic carbocycles. The van der Waals surface area contributed by atoms with E-state index in [0.717, 1.165) is 12.8 Å². The van der Waals surface area contributed by atoms with E-state index in [2.05, 4.69) is 6.58 Å². The molecule has 3 aliphatic rings. The molecule has 3 fully saturated rings. The van der Waals surface area contributed by atoms with E-state index in [0.29, 0.717) is 43.7 Å². The van der Waals surface area contributed by atoms with E-state index in [9.17, 15) is 19.5 Å². The Hall–Kier alpha value is -2.91. The van der Waals surface area contributed by atoms with Gasteiger partial charge in [0.1, 0.15) is 17.4 Å². The fraction of sp³-hybridized carbons (Fsp3) is 0.577. The number of aliphatic carboxylic acids is 1. The minimum absolute atomic E-state index is 0.114. The van der Waals surface area contributed by atoms with E-state index in [1.807, 2.05) is 0 Å². The second-order valence-electron chi connectivity index (χ2n) is 9.50. The zero-order valence-corrected chi connectivity index (χ0v) is 20.1. The number of carbonyl (C=O) groups is 3. The molecule has 2 unspecified atom stereocenters. The van der Waals surface area contributed by atoms with E-state index >= 15 is 0 Å². The van der Waals surface area contributed by atoms with Crippen LogP contribution < -0.4 is 9.64 Å². The molecule has 3 aliphatic heterocycles. The molecule has 3 heterocycles. The number of likely N-dealkylation sites (tertiary alicyclic amines) is 1. The van der Waals surface area contributed by atoms with Crippen LogP contribution in [0.5, 0.6) is 5.75 Å². The molecule has 0 radical (unpaired) electrons. The number of carbonyl (C=O) groups excluding carboxylic acids is 2. The molecule has 3 saturated heterocycles. The van der Waals surface area contributed by atoms with Gasteiger partial charge in [0.05, 0.1) is 25.0 Å². The van der Waals surface area contributed by atoms with Gasteiger partial charge in [-0.25, -0.2) is 0 Å². The summed E-state index contributed by atoms with van der Waals surface area (Å²) in [6, 6.07) is 6.17. The molecule has 2 N–H and O–H groups in total. The number of carboxylic acid groups (broad SMARTS) is 1. The molecular formula is C26H34N2O7. The lowest BCUT2D eigenvalue weighted by Gasteiger charge is -2.36. The molecule has 1 aromatic rings. The lowest BCUT2D eigenvalue weighted by Crippen LogP contribution is -2.56. The number of aliphatic hydroxyl groups is 1. The third kappa shape index (κ3) is 4.31. The first-order chi connectivity index (χ1) is 16.9. The number of hydrogen-bond donors (Lipinski definition) is 2. The molecule has 5 atom stereocenters. The van der Waals surface area contributed by atoms with Crippen LogP contribution in [-0.4, -0.2) is 77.4 Å². The minimum Gasteiger partial charge on any atom is -0.497 e. The Morgan fingerprint density at radius 3 is 2.60 bits per heavy atom. The molecule has 2 bridgehead atoms. The number of nitrogens with zero attached hydrogens (tertiary/aromatic N) is 2. The largest absolute Gasteiger partial charge is 0.497 e. The Morgan fingerprint density at radius 1 is 1.26 bits per heavy atom. The number of carboxylic acids is 1. The number of methoxy groups -OCH3 is 1. The molecule has 4 rings (SSSR count). The van der Waals surface area contributed by atoms with E-state index in [-0.39, 0.29) is 25.0 Å². The molecule has 0 aromatic heterocycles. The standard InChI is InChI=1S/C26H34N2O7/c1-3-14-27(17-8-10-18(34-2)11-9-17)24(31)22-26-13-12-19(35-26)20(25(32)33)21(26)23(30)28(22)15-6-4-5-7-16-29/h3,8-11,19-22,29H,1,4-7,12-16H2,2H3,(H,32,33)/t19-,20+,21-,22?,26?/m0/s1. The van der Waals surface area contributed by atoms with E-state index in [1.54, 1.807) is 47.3 Å². The number of rotatable bonds is 12. The number of amides is 2. The van der Waals surface area contributed by atoms with Gasteiger partial charge in [-0.3, -0.25) is 14.4 Å². The van der Waals surface area contributed by atoms with Crippen molar-refractivity contribution < 1.29 is 34.1 Å². The molecule has 0 aliphatic carbocycles. The lowest BCUT2D eigenvalue weighted by atomic mass is 9.70. The van der Waals surface area contributed by atoms with Gasteiger partial charge >= 0.3 is 5.97 Å².